The van der Waals surface area contributed by atoms with Crippen molar-refractivity contribution in [2.45, 2.75) is 13.5 Å². The molecule has 0 saturated heterocycles. The first kappa shape index (κ1) is 14.5. The number of carbonyl (C=O) groups is 1. The van der Waals surface area contributed by atoms with Gasteiger partial charge < -0.3 is 9.84 Å². The van der Waals surface area contributed by atoms with Crippen LogP contribution in [-0.4, -0.2) is 16.0 Å². The number of aromatic hydroxyl groups is 1. The van der Waals surface area contributed by atoms with Crippen LogP contribution in [0.2, 0.25) is 0 Å². The smallest absolute Gasteiger partial charge is 0.342 e. The summed E-state index contributed by atoms with van der Waals surface area (Å²) in [6, 6.07) is 10.4. The van der Waals surface area contributed by atoms with E-state index in [1.165, 1.54) is 36.4 Å². The average molecular weight is 287 g/mol. The van der Waals surface area contributed by atoms with E-state index in [9.17, 15) is 20.0 Å². The normalized spacial score (nSPS) is 10.1. The van der Waals surface area contributed by atoms with E-state index in [1.54, 1.807) is 13.0 Å². The molecule has 6 nitrogen and oxygen atoms in total. The van der Waals surface area contributed by atoms with E-state index in [0.717, 1.165) is 5.56 Å². The monoisotopic (exact) mass is 287 g/mol. The third kappa shape index (κ3) is 3.56. The van der Waals surface area contributed by atoms with Crippen LogP contribution < -0.4 is 0 Å². The Hall–Kier alpha value is -2.89. The number of hydrogen-bond acceptors (Lipinski definition) is 5. The van der Waals surface area contributed by atoms with E-state index in [0.29, 0.717) is 5.56 Å². The zero-order valence-electron chi connectivity index (χ0n) is 11.3. The molecule has 2 rings (SSSR count). The van der Waals surface area contributed by atoms with Crippen LogP contribution in [-0.2, 0) is 11.3 Å². The highest BCUT2D eigenvalue weighted by atomic mass is 16.6. The largest absolute Gasteiger partial charge is 0.507 e. The SMILES string of the molecule is Cc1ccc(O)c(C(=O)OCc2ccc([N+](=O)[O-])cc2)c1. The fraction of sp³-hybridized carbons (Fsp3) is 0.133. The lowest BCUT2D eigenvalue weighted by atomic mass is 10.1. The summed E-state index contributed by atoms with van der Waals surface area (Å²) in [6.07, 6.45) is 0. The van der Waals surface area contributed by atoms with Crippen molar-refractivity contribution in [3.05, 3.63) is 69.3 Å². The van der Waals surface area contributed by atoms with Crippen LogP contribution in [0.15, 0.2) is 42.5 Å². The topological polar surface area (TPSA) is 89.7 Å². The molecular formula is C15H13NO5. The number of nitro benzene ring substituents is 1. The summed E-state index contributed by atoms with van der Waals surface area (Å²) < 4.78 is 5.08. The maximum Gasteiger partial charge on any atom is 0.342 e. The molecule has 0 aliphatic heterocycles. The fourth-order valence-electron chi connectivity index (χ4n) is 1.75. The Morgan fingerprint density at radius 1 is 1.24 bits per heavy atom. The van der Waals surface area contributed by atoms with Gasteiger partial charge in [-0.25, -0.2) is 4.79 Å². The molecule has 0 aliphatic carbocycles. The van der Waals surface area contributed by atoms with Gasteiger partial charge in [-0.3, -0.25) is 10.1 Å². The van der Waals surface area contributed by atoms with Gasteiger partial charge in [-0.05, 0) is 36.8 Å². The summed E-state index contributed by atoms with van der Waals surface area (Å²) in [4.78, 5) is 21.9. The van der Waals surface area contributed by atoms with Gasteiger partial charge in [-0.1, -0.05) is 11.6 Å². The first-order valence-electron chi connectivity index (χ1n) is 6.17. The number of hydrogen-bond donors (Lipinski definition) is 1. The third-order valence-electron chi connectivity index (χ3n) is 2.89. The van der Waals surface area contributed by atoms with Crippen molar-refractivity contribution < 1.29 is 19.6 Å². The van der Waals surface area contributed by atoms with Crippen molar-refractivity contribution in [2.75, 3.05) is 0 Å². The maximum absolute atomic E-state index is 11.9. The third-order valence-corrected chi connectivity index (χ3v) is 2.89. The highest BCUT2D eigenvalue weighted by Crippen LogP contribution is 2.20. The van der Waals surface area contributed by atoms with Crippen molar-refractivity contribution in [3.8, 4) is 5.75 Å². The second-order valence-electron chi connectivity index (χ2n) is 4.52. The van der Waals surface area contributed by atoms with Gasteiger partial charge in [0.05, 0.1) is 4.92 Å². The second kappa shape index (κ2) is 6.04. The maximum atomic E-state index is 11.9. The highest BCUT2D eigenvalue weighted by Gasteiger charge is 2.13. The summed E-state index contributed by atoms with van der Waals surface area (Å²) in [5.41, 5.74) is 1.52. The molecule has 1 N–H and O–H groups in total. The summed E-state index contributed by atoms with van der Waals surface area (Å²) in [6.45, 7) is 1.77. The minimum absolute atomic E-state index is 0.0236. The van der Waals surface area contributed by atoms with Crippen molar-refractivity contribution in [1.82, 2.24) is 0 Å². The summed E-state index contributed by atoms with van der Waals surface area (Å²) in [5, 5.41) is 20.1. The number of rotatable bonds is 4. The fourth-order valence-corrected chi connectivity index (χ4v) is 1.75. The predicted octanol–water partition coefficient (Wildman–Crippen LogP) is 2.97. The molecule has 2 aromatic rings. The van der Waals surface area contributed by atoms with E-state index < -0.39 is 10.9 Å². The molecule has 21 heavy (non-hydrogen) atoms. The Labute approximate surface area is 120 Å². The molecular weight excluding hydrogens is 274 g/mol. The van der Waals surface area contributed by atoms with E-state index in [2.05, 4.69) is 0 Å². The number of ether oxygens (including phenoxy) is 1. The first-order chi connectivity index (χ1) is 9.97. The van der Waals surface area contributed by atoms with E-state index in [1.807, 2.05) is 0 Å². The predicted molar refractivity (Wildman–Crippen MR) is 75.1 cm³/mol. The number of aryl methyl sites for hydroxylation is 1. The summed E-state index contributed by atoms with van der Waals surface area (Å²) in [7, 11) is 0. The second-order valence-corrected chi connectivity index (χ2v) is 4.52. The van der Waals surface area contributed by atoms with Crippen LogP contribution in [0, 0.1) is 17.0 Å². The average Bonchev–Trinajstić information content (AvgIpc) is 2.47. The van der Waals surface area contributed by atoms with Crippen molar-refractivity contribution in [1.29, 1.82) is 0 Å². The molecule has 0 fully saturated rings. The molecule has 0 spiro atoms. The zero-order chi connectivity index (χ0) is 15.4. The number of non-ortho nitro benzene ring substituents is 1. The number of carbonyl (C=O) groups excluding carboxylic acids is 1. The van der Waals surface area contributed by atoms with Gasteiger partial charge >= 0.3 is 5.97 Å². The Balaban J connectivity index is 2.04. The Morgan fingerprint density at radius 3 is 2.52 bits per heavy atom. The molecule has 0 aromatic heterocycles. The molecule has 0 amide bonds. The lowest BCUT2D eigenvalue weighted by molar-refractivity contribution is -0.384. The van der Waals surface area contributed by atoms with E-state index in [-0.39, 0.29) is 23.6 Å². The number of benzene rings is 2. The standard InChI is InChI=1S/C15H13NO5/c1-10-2-7-14(17)13(8-10)15(18)21-9-11-3-5-12(6-4-11)16(19)20/h2-8,17H,9H2,1H3. The minimum atomic E-state index is -0.644. The van der Waals surface area contributed by atoms with Gasteiger partial charge in [-0.2, -0.15) is 0 Å². The van der Waals surface area contributed by atoms with E-state index in [4.69, 9.17) is 4.74 Å². The van der Waals surface area contributed by atoms with Gasteiger partial charge in [0.25, 0.3) is 5.69 Å². The van der Waals surface area contributed by atoms with Crippen LogP contribution in [0.4, 0.5) is 5.69 Å². The van der Waals surface area contributed by atoms with Crippen LogP contribution in [0.25, 0.3) is 0 Å². The first-order valence-corrected chi connectivity index (χ1v) is 6.17. The molecule has 0 radical (unpaired) electrons. The molecule has 108 valence electrons. The number of phenolic OH excluding ortho intramolecular Hbond substituents is 1. The Morgan fingerprint density at radius 2 is 1.90 bits per heavy atom. The van der Waals surface area contributed by atoms with Crippen molar-refractivity contribution in [3.63, 3.8) is 0 Å². The van der Waals surface area contributed by atoms with Crippen LogP contribution in [0.1, 0.15) is 21.5 Å². The highest BCUT2D eigenvalue weighted by molar-refractivity contribution is 5.92. The molecule has 0 atom stereocenters. The molecule has 2 aromatic carbocycles. The van der Waals surface area contributed by atoms with Crippen molar-refractivity contribution >= 4 is 11.7 Å². The molecule has 0 bridgehead atoms. The van der Waals surface area contributed by atoms with Crippen molar-refractivity contribution in [2.24, 2.45) is 0 Å². The molecule has 0 heterocycles. The minimum Gasteiger partial charge on any atom is -0.507 e. The Kier molecular flexibility index (Phi) is 4.18. The van der Waals surface area contributed by atoms with Gasteiger partial charge in [0.2, 0.25) is 0 Å². The van der Waals surface area contributed by atoms with Gasteiger partial charge in [0, 0.05) is 12.1 Å². The van der Waals surface area contributed by atoms with Gasteiger partial charge in [0.15, 0.2) is 0 Å². The summed E-state index contributed by atoms with van der Waals surface area (Å²) in [5.74, 6) is -0.788. The molecule has 0 saturated carbocycles. The molecule has 0 unspecified atom stereocenters. The number of esters is 1. The van der Waals surface area contributed by atoms with Gasteiger partial charge in [0.1, 0.15) is 17.9 Å². The van der Waals surface area contributed by atoms with Gasteiger partial charge in [-0.15, -0.1) is 0 Å². The molecule has 0 aliphatic rings. The summed E-state index contributed by atoms with van der Waals surface area (Å²) >= 11 is 0. The van der Waals surface area contributed by atoms with E-state index >= 15 is 0 Å². The molecule has 6 heteroatoms. The van der Waals surface area contributed by atoms with Crippen LogP contribution >= 0.6 is 0 Å². The number of phenols is 1. The lowest BCUT2D eigenvalue weighted by Gasteiger charge is -2.07. The quantitative estimate of drug-likeness (QED) is 0.530. The zero-order valence-corrected chi connectivity index (χ0v) is 11.3. The number of nitro groups is 1. The lowest BCUT2D eigenvalue weighted by Crippen LogP contribution is -2.06. The van der Waals surface area contributed by atoms with Crippen LogP contribution in [0.3, 0.4) is 0 Å². The Bertz CT molecular complexity index is 679. The van der Waals surface area contributed by atoms with Crippen LogP contribution in [0.5, 0.6) is 5.75 Å². The number of nitrogens with zero attached hydrogens (tertiary/aromatic N) is 1.